The lowest BCUT2D eigenvalue weighted by Crippen LogP contribution is -2.33. The van der Waals surface area contributed by atoms with Gasteiger partial charge in [-0.05, 0) is 20.3 Å². The Morgan fingerprint density at radius 1 is 1.44 bits per heavy atom. The first-order chi connectivity index (χ1) is 8.60. The van der Waals surface area contributed by atoms with E-state index in [9.17, 15) is 9.18 Å². The van der Waals surface area contributed by atoms with Crippen molar-refractivity contribution in [3.8, 4) is 0 Å². The number of rotatable bonds is 6. The van der Waals surface area contributed by atoms with Gasteiger partial charge < -0.3 is 9.64 Å². The fourth-order valence-corrected chi connectivity index (χ4v) is 1.56. The molecule has 6 heteroatoms. The second-order valence-corrected chi connectivity index (χ2v) is 3.82. The SMILES string of the molecule is CCCN(CC(=O)OCC)c1ncnc(C)c1F. The topological polar surface area (TPSA) is 55.3 Å². The first-order valence-electron chi connectivity index (χ1n) is 5.97. The van der Waals surface area contributed by atoms with Crippen LogP contribution in [-0.4, -0.2) is 35.6 Å². The molecule has 18 heavy (non-hydrogen) atoms. The molecule has 0 bridgehead atoms. The Kier molecular flexibility index (Phi) is 5.48. The van der Waals surface area contributed by atoms with E-state index in [2.05, 4.69) is 9.97 Å². The number of esters is 1. The molecule has 5 nitrogen and oxygen atoms in total. The lowest BCUT2D eigenvalue weighted by Gasteiger charge is -2.22. The van der Waals surface area contributed by atoms with E-state index in [1.54, 1.807) is 18.7 Å². The van der Waals surface area contributed by atoms with Gasteiger partial charge >= 0.3 is 5.97 Å². The summed E-state index contributed by atoms with van der Waals surface area (Å²) >= 11 is 0. The van der Waals surface area contributed by atoms with Gasteiger partial charge in [0.15, 0.2) is 11.6 Å². The van der Waals surface area contributed by atoms with Crippen LogP contribution in [0.1, 0.15) is 26.0 Å². The minimum Gasteiger partial charge on any atom is -0.465 e. The number of hydrogen-bond donors (Lipinski definition) is 0. The van der Waals surface area contributed by atoms with Crippen LogP contribution in [0.2, 0.25) is 0 Å². The fourth-order valence-electron chi connectivity index (χ4n) is 1.56. The highest BCUT2D eigenvalue weighted by Gasteiger charge is 2.18. The standard InChI is InChI=1S/C12H18FN3O2/c1-4-6-16(7-10(17)18-5-2)12-11(13)9(3)14-8-15-12/h8H,4-7H2,1-3H3. The van der Waals surface area contributed by atoms with Gasteiger partial charge in [-0.1, -0.05) is 6.92 Å². The molecule has 0 saturated carbocycles. The number of nitrogens with zero attached hydrogens (tertiary/aromatic N) is 3. The van der Waals surface area contributed by atoms with Gasteiger partial charge in [0.25, 0.3) is 0 Å². The van der Waals surface area contributed by atoms with Crippen LogP contribution < -0.4 is 4.90 Å². The van der Waals surface area contributed by atoms with Crippen LogP contribution in [0.25, 0.3) is 0 Å². The average molecular weight is 255 g/mol. The van der Waals surface area contributed by atoms with E-state index in [1.165, 1.54) is 6.33 Å². The Morgan fingerprint density at radius 2 is 2.17 bits per heavy atom. The molecule has 1 aromatic heterocycles. The lowest BCUT2D eigenvalue weighted by molar-refractivity contribution is -0.141. The van der Waals surface area contributed by atoms with Crippen molar-refractivity contribution in [2.75, 3.05) is 24.6 Å². The number of aryl methyl sites for hydroxylation is 1. The molecule has 1 aromatic rings. The van der Waals surface area contributed by atoms with Gasteiger partial charge in [-0.2, -0.15) is 0 Å². The normalized spacial score (nSPS) is 10.2. The maximum Gasteiger partial charge on any atom is 0.325 e. The predicted octanol–water partition coefficient (Wildman–Crippen LogP) is 1.70. The van der Waals surface area contributed by atoms with E-state index in [1.807, 2.05) is 6.92 Å². The maximum atomic E-state index is 13.9. The zero-order chi connectivity index (χ0) is 13.5. The van der Waals surface area contributed by atoms with E-state index in [-0.39, 0.29) is 24.0 Å². The van der Waals surface area contributed by atoms with Crippen LogP contribution in [0.4, 0.5) is 10.2 Å². The Bertz CT molecular complexity index is 412. The molecule has 0 aliphatic heterocycles. The molecule has 1 rings (SSSR count). The predicted molar refractivity (Wildman–Crippen MR) is 65.9 cm³/mol. The van der Waals surface area contributed by atoms with E-state index < -0.39 is 5.82 Å². The van der Waals surface area contributed by atoms with Gasteiger partial charge in [0.1, 0.15) is 12.9 Å². The van der Waals surface area contributed by atoms with Gasteiger partial charge in [-0.25, -0.2) is 14.4 Å². The monoisotopic (exact) mass is 255 g/mol. The van der Waals surface area contributed by atoms with Gasteiger partial charge in [0.05, 0.1) is 12.3 Å². The van der Waals surface area contributed by atoms with Crippen molar-refractivity contribution in [1.82, 2.24) is 9.97 Å². The number of ether oxygens (including phenoxy) is 1. The fraction of sp³-hybridized carbons (Fsp3) is 0.583. The van der Waals surface area contributed by atoms with Gasteiger partial charge in [-0.3, -0.25) is 4.79 Å². The summed E-state index contributed by atoms with van der Waals surface area (Å²) in [5, 5.41) is 0. The maximum absolute atomic E-state index is 13.9. The number of carbonyl (C=O) groups is 1. The van der Waals surface area contributed by atoms with E-state index in [4.69, 9.17) is 4.74 Å². The largest absolute Gasteiger partial charge is 0.465 e. The lowest BCUT2D eigenvalue weighted by atomic mass is 10.3. The summed E-state index contributed by atoms with van der Waals surface area (Å²) in [6.07, 6.45) is 2.07. The summed E-state index contributed by atoms with van der Waals surface area (Å²) in [7, 11) is 0. The average Bonchev–Trinajstić information content (AvgIpc) is 2.32. The molecule has 0 spiro atoms. The summed E-state index contributed by atoms with van der Waals surface area (Å²) in [6, 6.07) is 0. The Balaban J connectivity index is 2.90. The van der Waals surface area contributed by atoms with Crippen LogP contribution >= 0.6 is 0 Å². The Labute approximate surface area is 106 Å². The van der Waals surface area contributed by atoms with Crippen molar-refractivity contribution in [3.63, 3.8) is 0 Å². The van der Waals surface area contributed by atoms with Crippen molar-refractivity contribution in [2.24, 2.45) is 0 Å². The molecule has 0 amide bonds. The minimum atomic E-state index is -0.491. The molecule has 0 aromatic carbocycles. The molecule has 0 aliphatic carbocycles. The zero-order valence-electron chi connectivity index (χ0n) is 10.9. The van der Waals surface area contributed by atoms with Crippen molar-refractivity contribution in [1.29, 1.82) is 0 Å². The molecule has 0 unspecified atom stereocenters. The number of carbonyl (C=O) groups excluding carboxylic acids is 1. The van der Waals surface area contributed by atoms with E-state index >= 15 is 0 Å². The van der Waals surface area contributed by atoms with Crippen molar-refractivity contribution < 1.29 is 13.9 Å². The van der Waals surface area contributed by atoms with Crippen molar-refractivity contribution in [3.05, 3.63) is 17.8 Å². The molecule has 0 fully saturated rings. The second-order valence-electron chi connectivity index (χ2n) is 3.82. The number of halogens is 1. The van der Waals surface area contributed by atoms with Crippen LogP contribution in [-0.2, 0) is 9.53 Å². The molecular formula is C12H18FN3O2. The van der Waals surface area contributed by atoms with Crippen LogP contribution in [0.15, 0.2) is 6.33 Å². The van der Waals surface area contributed by atoms with Crippen LogP contribution in [0.3, 0.4) is 0 Å². The van der Waals surface area contributed by atoms with E-state index in [0.717, 1.165) is 6.42 Å². The summed E-state index contributed by atoms with van der Waals surface area (Å²) in [4.78, 5) is 20.7. The zero-order valence-corrected chi connectivity index (χ0v) is 10.9. The van der Waals surface area contributed by atoms with Crippen LogP contribution in [0.5, 0.6) is 0 Å². The first-order valence-corrected chi connectivity index (χ1v) is 5.97. The molecular weight excluding hydrogens is 237 g/mol. The van der Waals surface area contributed by atoms with Gasteiger partial charge in [-0.15, -0.1) is 0 Å². The Hall–Kier alpha value is -1.72. The van der Waals surface area contributed by atoms with Gasteiger partial charge in [0.2, 0.25) is 0 Å². The molecule has 0 saturated heterocycles. The molecule has 0 aliphatic rings. The number of aromatic nitrogens is 2. The molecule has 0 radical (unpaired) electrons. The molecule has 100 valence electrons. The Morgan fingerprint density at radius 3 is 2.78 bits per heavy atom. The minimum absolute atomic E-state index is 0.00491. The van der Waals surface area contributed by atoms with Crippen molar-refractivity contribution >= 4 is 11.8 Å². The summed E-state index contributed by atoms with van der Waals surface area (Å²) < 4.78 is 18.8. The highest BCUT2D eigenvalue weighted by atomic mass is 19.1. The van der Waals surface area contributed by atoms with Crippen molar-refractivity contribution in [2.45, 2.75) is 27.2 Å². The summed E-state index contributed by atoms with van der Waals surface area (Å²) in [5.41, 5.74) is 0.268. The number of hydrogen-bond acceptors (Lipinski definition) is 5. The smallest absolute Gasteiger partial charge is 0.325 e. The molecule has 0 N–H and O–H groups in total. The van der Waals surface area contributed by atoms with Crippen LogP contribution in [0, 0.1) is 12.7 Å². The highest BCUT2D eigenvalue weighted by Crippen LogP contribution is 2.17. The molecule has 1 heterocycles. The highest BCUT2D eigenvalue weighted by molar-refractivity contribution is 5.75. The third-order valence-corrected chi connectivity index (χ3v) is 2.36. The third-order valence-electron chi connectivity index (χ3n) is 2.36. The molecule has 0 atom stereocenters. The number of anilines is 1. The summed E-state index contributed by atoms with van der Waals surface area (Å²) in [6.45, 7) is 6.09. The summed E-state index contributed by atoms with van der Waals surface area (Å²) in [5.74, 6) is -0.728. The second kappa shape index (κ2) is 6.88. The first kappa shape index (κ1) is 14.3. The van der Waals surface area contributed by atoms with Gasteiger partial charge in [0, 0.05) is 6.54 Å². The van der Waals surface area contributed by atoms with E-state index in [0.29, 0.717) is 13.2 Å². The third kappa shape index (κ3) is 3.65. The quantitative estimate of drug-likeness (QED) is 0.724.